The van der Waals surface area contributed by atoms with Crippen LogP contribution in [0.25, 0.3) is 0 Å². The average Bonchev–Trinajstić information content (AvgIpc) is 2.48. The Morgan fingerprint density at radius 3 is 3.00 bits per heavy atom. The number of aromatic carboxylic acids is 1. The van der Waals surface area contributed by atoms with E-state index < -0.39 is 5.97 Å². The number of carbonyl (C=O) groups is 1. The minimum absolute atomic E-state index is 0.264. The molecule has 0 unspecified atom stereocenters. The smallest absolute Gasteiger partial charge is 0.335 e. The molecule has 0 aliphatic heterocycles. The first kappa shape index (κ1) is 13.5. The highest BCUT2D eigenvalue weighted by molar-refractivity contribution is 5.87. The van der Waals surface area contributed by atoms with Crippen molar-refractivity contribution in [2.24, 2.45) is 0 Å². The Morgan fingerprint density at radius 2 is 2.25 bits per heavy atom. The molecular weight excluding hydrogens is 256 g/mol. The lowest BCUT2D eigenvalue weighted by molar-refractivity contribution is 0.0697. The molecule has 0 aliphatic carbocycles. The van der Waals surface area contributed by atoms with Crippen LogP contribution >= 0.6 is 0 Å². The Balaban J connectivity index is 1.98. The number of aromatic nitrogens is 2. The number of nitrogens with zero attached hydrogens (tertiary/aromatic N) is 3. The van der Waals surface area contributed by atoms with E-state index in [9.17, 15) is 4.79 Å². The van der Waals surface area contributed by atoms with E-state index in [4.69, 9.17) is 10.4 Å². The maximum Gasteiger partial charge on any atom is 0.335 e. The van der Waals surface area contributed by atoms with E-state index in [1.165, 1.54) is 6.20 Å². The number of hydrogen-bond donors (Lipinski definition) is 2. The lowest BCUT2D eigenvalue weighted by atomic mass is 10.1. The van der Waals surface area contributed by atoms with E-state index in [-0.39, 0.29) is 5.56 Å². The Hall–Kier alpha value is -2.94. The van der Waals surface area contributed by atoms with Gasteiger partial charge in [-0.25, -0.2) is 4.79 Å². The van der Waals surface area contributed by atoms with E-state index in [0.717, 1.165) is 5.56 Å². The van der Waals surface area contributed by atoms with Crippen molar-refractivity contribution in [2.75, 3.05) is 11.9 Å². The fourth-order valence-corrected chi connectivity index (χ4v) is 1.74. The Bertz CT molecular complexity index is 664. The molecule has 0 radical (unpaired) electrons. The number of benzene rings is 1. The first-order valence-electron chi connectivity index (χ1n) is 5.98. The highest BCUT2D eigenvalue weighted by Gasteiger charge is 2.05. The van der Waals surface area contributed by atoms with Crippen molar-refractivity contribution < 1.29 is 9.90 Å². The van der Waals surface area contributed by atoms with Crippen LogP contribution < -0.4 is 5.32 Å². The van der Waals surface area contributed by atoms with Gasteiger partial charge >= 0.3 is 5.97 Å². The molecule has 1 heterocycles. The second-order valence-corrected chi connectivity index (χ2v) is 4.09. The molecule has 0 atom stereocenters. The average molecular weight is 268 g/mol. The van der Waals surface area contributed by atoms with E-state index in [2.05, 4.69) is 15.5 Å². The number of anilines is 1. The van der Waals surface area contributed by atoms with Crippen molar-refractivity contribution in [3.63, 3.8) is 0 Å². The van der Waals surface area contributed by atoms with Gasteiger partial charge in [0.1, 0.15) is 6.07 Å². The molecule has 0 saturated carbocycles. The highest BCUT2D eigenvalue weighted by Crippen LogP contribution is 2.10. The molecule has 20 heavy (non-hydrogen) atoms. The molecule has 2 N–H and O–H groups in total. The third-order valence-corrected chi connectivity index (χ3v) is 2.72. The number of carboxylic acid groups (broad SMARTS) is 1. The van der Waals surface area contributed by atoms with Gasteiger partial charge in [0, 0.05) is 6.54 Å². The lowest BCUT2D eigenvalue weighted by Crippen LogP contribution is -2.09. The van der Waals surface area contributed by atoms with E-state index >= 15 is 0 Å². The number of nitriles is 1. The van der Waals surface area contributed by atoms with Gasteiger partial charge in [-0.3, -0.25) is 0 Å². The second kappa shape index (κ2) is 6.29. The highest BCUT2D eigenvalue weighted by atomic mass is 16.4. The molecule has 0 amide bonds. The fourth-order valence-electron chi connectivity index (χ4n) is 1.74. The molecule has 6 heteroatoms. The Morgan fingerprint density at radius 1 is 1.40 bits per heavy atom. The van der Waals surface area contributed by atoms with Crippen LogP contribution in [0.15, 0.2) is 36.5 Å². The monoisotopic (exact) mass is 268 g/mol. The predicted molar refractivity (Wildman–Crippen MR) is 72.3 cm³/mol. The van der Waals surface area contributed by atoms with Crippen LogP contribution in [0.5, 0.6) is 0 Å². The molecule has 0 aliphatic rings. The molecule has 0 spiro atoms. The maximum atomic E-state index is 10.9. The summed E-state index contributed by atoms with van der Waals surface area (Å²) >= 11 is 0. The van der Waals surface area contributed by atoms with Gasteiger partial charge < -0.3 is 10.4 Å². The topological polar surface area (TPSA) is 98.9 Å². The third kappa shape index (κ3) is 3.29. The molecule has 0 fully saturated rings. The van der Waals surface area contributed by atoms with Gasteiger partial charge in [0.15, 0.2) is 5.82 Å². The summed E-state index contributed by atoms with van der Waals surface area (Å²) in [6.07, 6.45) is 2.09. The molecule has 0 bridgehead atoms. The Kier molecular flexibility index (Phi) is 4.24. The molecule has 1 aromatic heterocycles. The first-order chi connectivity index (χ1) is 9.70. The number of hydrogen-bond acceptors (Lipinski definition) is 5. The Labute approximate surface area is 115 Å². The maximum absolute atomic E-state index is 10.9. The van der Waals surface area contributed by atoms with Crippen molar-refractivity contribution >= 4 is 11.8 Å². The number of carboxylic acids is 1. The summed E-state index contributed by atoms with van der Waals surface area (Å²) in [5, 5.41) is 28.4. The summed E-state index contributed by atoms with van der Waals surface area (Å²) < 4.78 is 0. The van der Waals surface area contributed by atoms with Crippen LogP contribution in [-0.4, -0.2) is 27.8 Å². The van der Waals surface area contributed by atoms with Crippen molar-refractivity contribution in [1.82, 2.24) is 10.2 Å². The molecule has 2 aromatic rings. The van der Waals surface area contributed by atoms with Crippen LogP contribution in [0.4, 0.5) is 5.82 Å². The quantitative estimate of drug-likeness (QED) is 0.856. The minimum Gasteiger partial charge on any atom is -0.478 e. The molecular formula is C14H12N4O2. The minimum atomic E-state index is -0.944. The van der Waals surface area contributed by atoms with Gasteiger partial charge in [-0.1, -0.05) is 12.1 Å². The summed E-state index contributed by atoms with van der Waals surface area (Å²) in [6.45, 7) is 0.538. The zero-order valence-corrected chi connectivity index (χ0v) is 10.6. The number of rotatable bonds is 5. The van der Waals surface area contributed by atoms with Crippen molar-refractivity contribution in [2.45, 2.75) is 6.42 Å². The summed E-state index contributed by atoms with van der Waals surface area (Å²) in [5.74, 6) is -0.509. The van der Waals surface area contributed by atoms with Crippen molar-refractivity contribution in [1.29, 1.82) is 5.26 Å². The lowest BCUT2D eigenvalue weighted by Gasteiger charge is -2.06. The summed E-state index contributed by atoms with van der Waals surface area (Å²) in [6, 6.07) is 10.4. The molecule has 6 nitrogen and oxygen atoms in total. The summed E-state index contributed by atoms with van der Waals surface area (Å²) in [7, 11) is 0. The van der Waals surface area contributed by atoms with E-state index in [1.807, 2.05) is 12.1 Å². The predicted octanol–water partition coefficient (Wildman–Crippen LogP) is 1.70. The largest absolute Gasteiger partial charge is 0.478 e. The van der Waals surface area contributed by atoms with Gasteiger partial charge in [0.2, 0.25) is 0 Å². The van der Waals surface area contributed by atoms with Crippen LogP contribution in [0.2, 0.25) is 0 Å². The van der Waals surface area contributed by atoms with Gasteiger partial charge in [0.25, 0.3) is 0 Å². The SMILES string of the molecule is N#Cc1ccnnc1NCCc1cccc(C(=O)O)c1. The van der Waals surface area contributed by atoms with Crippen LogP contribution in [0.3, 0.4) is 0 Å². The molecule has 0 saturated heterocycles. The van der Waals surface area contributed by atoms with Crippen LogP contribution in [0.1, 0.15) is 21.5 Å². The molecule has 2 rings (SSSR count). The zero-order chi connectivity index (χ0) is 14.4. The van der Waals surface area contributed by atoms with E-state index in [1.54, 1.807) is 24.3 Å². The summed E-state index contributed by atoms with van der Waals surface area (Å²) in [4.78, 5) is 10.9. The van der Waals surface area contributed by atoms with Gasteiger partial charge in [-0.05, 0) is 30.2 Å². The molecule has 1 aromatic carbocycles. The molecule has 100 valence electrons. The number of nitrogens with one attached hydrogen (secondary N) is 1. The van der Waals surface area contributed by atoms with Gasteiger partial charge in [0.05, 0.1) is 17.3 Å². The fraction of sp³-hybridized carbons (Fsp3) is 0.143. The van der Waals surface area contributed by atoms with Gasteiger partial charge in [-0.2, -0.15) is 10.4 Å². The summed E-state index contributed by atoms with van der Waals surface area (Å²) in [5.41, 5.74) is 1.60. The standard InChI is InChI=1S/C14H12N4O2/c15-9-12-5-7-17-18-13(12)16-6-4-10-2-1-3-11(8-10)14(19)20/h1-3,5,7-8H,4,6H2,(H,16,18)(H,19,20). The van der Waals surface area contributed by atoms with Crippen molar-refractivity contribution in [3.8, 4) is 6.07 Å². The second-order valence-electron chi connectivity index (χ2n) is 4.09. The van der Waals surface area contributed by atoms with Crippen LogP contribution in [0, 0.1) is 11.3 Å². The third-order valence-electron chi connectivity index (χ3n) is 2.72. The van der Waals surface area contributed by atoms with E-state index in [0.29, 0.717) is 24.3 Å². The zero-order valence-electron chi connectivity index (χ0n) is 10.6. The normalized spacial score (nSPS) is 9.75. The van der Waals surface area contributed by atoms with Crippen molar-refractivity contribution in [3.05, 3.63) is 53.2 Å². The van der Waals surface area contributed by atoms with Crippen LogP contribution in [-0.2, 0) is 6.42 Å². The first-order valence-corrected chi connectivity index (χ1v) is 5.98. The van der Waals surface area contributed by atoms with Gasteiger partial charge in [-0.15, -0.1) is 5.10 Å².